The number of likely N-dealkylation sites (tertiary alicyclic amines) is 1. The number of imidazole rings is 1. The van der Waals surface area contributed by atoms with Crippen LogP contribution in [0.1, 0.15) is 40.7 Å². The van der Waals surface area contributed by atoms with Crippen molar-refractivity contribution in [3.63, 3.8) is 0 Å². The minimum atomic E-state index is -0.304. The number of methoxy groups -OCH3 is 1. The number of amides is 2. The molecule has 0 aliphatic carbocycles. The highest BCUT2D eigenvalue weighted by atomic mass is 32.1. The molecule has 0 saturated carbocycles. The summed E-state index contributed by atoms with van der Waals surface area (Å²) in [5.74, 6) is 0.294. The van der Waals surface area contributed by atoms with Crippen LogP contribution in [0.5, 0.6) is 0 Å². The molecule has 3 aromatic heterocycles. The fourth-order valence-electron chi connectivity index (χ4n) is 4.64. The molecule has 2 amide bonds. The van der Waals surface area contributed by atoms with Crippen LogP contribution in [0.15, 0.2) is 48.2 Å². The molecule has 4 aromatic rings. The average Bonchev–Trinajstić information content (AvgIpc) is 3.53. The van der Waals surface area contributed by atoms with Crippen LogP contribution in [0.25, 0.3) is 22.4 Å². The highest BCUT2D eigenvalue weighted by molar-refractivity contribution is 7.09. The molecular formula is C25H26N6O3S. The number of benzene rings is 1. The summed E-state index contributed by atoms with van der Waals surface area (Å²) in [5.41, 5.74) is 3.17. The number of carbonyl (C=O) groups is 2. The molecule has 10 heteroatoms. The molecule has 9 nitrogen and oxygen atoms in total. The van der Waals surface area contributed by atoms with E-state index in [2.05, 4.69) is 15.3 Å². The molecule has 1 unspecified atom stereocenters. The first kappa shape index (κ1) is 23.1. The summed E-state index contributed by atoms with van der Waals surface area (Å²) in [7, 11) is 3.35. The molecule has 1 aromatic carbocycles. The summed E-state index contributed by atoms with van der Waals surface area (Å²) in [6.07, 6.45) is 8.11. The van der Waals surface area contributed by atoms with E-state index in [1.54, 1.807) is 42.1 Å². The maximum atomic E-state index is 13.8. The second kappa shape index (κ2) is 9.93. The average molecular weight is 491 g/mol. The van der Waals surface area contributed by atoms with Gasteiger partial charge in [0.1, 0.15) is 17.4 Å². The molecule has 5 rings (SSSR count). The predicted molar refractivity (Wildman–Crippen MR) is 134 cm³/mol. The number of aryl methyl sites for hydroxylation is 1. The van der Waals surface area contributed by atoms with Crippen molar-refractivity contribution < 1.29 is 14.3 Å². The van der Waals surface area contributed by atoms with Gasteiger partial charge in [-0.3, -0.25) is 14.6 Å². The number of carbonyl (C=O) groups excluding carboxylic acids is 2. The minimum Gasteiger partial charge on any atom is -0.375 e. The first-order valence-corrected chi connectivity index (χ1v) is 12.3. The lowest BCUT2D eigenvalue weighted by Gasteiger charge is -2.34. The Hall–Kier alpha value is -3.63. The third kappa shape index (κ3) is 4.54. The summed E-state index contributed by atoms with van der Waals surface area (Å²) in [4.78, 5) is 41.6. The molecule has 1 aliphatic rings. The van der Waals surface area contributed by atoms with Gasteiger partial charge < -0.3 is 19.5 Å². The number of ether oxygens (including phenoxy) is 1. The lowest BCUT2D eigenvalue weighted by atomic mass is 10.0. The number of nitrogens with one attached hydrogen (secondary N) is 1. The van der Waals surface area contributed by atoms with E-state index in [1.165, 1.54) is 7.11 Å². The van der Waals surface area contributed by atoms with Crippen LogP contribution in [-0.4, -0.2) is 56.5 Å². The molecular weight excluding hydrogens is 464 g/mol. The van der Waals surface area contributed by atoms with Crippen molar-refractivity contribution >= 4 is 39.9 Å². The maximum absolute atomic E-state index is 13.8. The highest BCUT2D eigenvalue weighted by Crippen LogP contribution is 2.35. The third-order valence-electron chi connectivity index (χ3n) is 6.19. The van der Waals surface area contributed by atoms with Crippen LogP contribution in [0, 0.1) is 0 Å². The molecule has 0 bridgehead atoms. The fourth-order valence-corrected chi connectivity index (χ4v) is 5.42. The van der Waals surface area contributed by atoms with Gasteiger partial charge in [-0.05, 0) is 43.5 Å². The molecule has 0 spiro atoms. The monoisotopic (exact) mass is 490 g/mol. The molecule has 1 aliphatic heterocycles. The molecule has 35 heavy (non-hydrogen) atoms. The maximum Gasteiger partial charge on any atom is 0.254 e. The molecule has 180 valence electrons. The summed E-state index contributed by atoms with van der Waals surface area (Å²) < 4.78 is 6.90. The van der Waals surface area contributed by atoms with E-state index in [1.807, 2.05) is 34.0 Å². The van der Waals surface area contributed by atoms with Crippen LogP contribution in [0.4, 0.5) is 5.69 Å². The zero-order chi connectivity index (χ0) is 24.4. The Kier molecular flexibility index (Phi) is 6.56. The van der Waals surface area contributed by atoms with Crippen molar-refractivity contribution in [2.45, 2.75) is 25.3 Å². The molecule has 1 saturated heterocycles. The van der Waals surface area contributed by atoms with Gasteiger partial charge in [-0.1, -0.05) is 0 Å². The Morgan fingerprint density at radius 3 is 2.89 bits per heavy atom. The lowest BCUT2D eigenvalue weighted by Crippen LogP contribution is -2.38. The van der Waals surface area contributed by atoms with Gasteiger partial charge in [-0.2, -0.15) is 0 Å². The van der Waals surface area contributed by atoms with E-state index in [4.69, 9.17) is 9.72 Å². The minimum absolute atomic E-state index is 0.0480. The summed E-state index contributed by atoms with van der Waals surface area (Å²) in [6.45, 7) is 0.570. The molecule has 1 fully saturated rings. The van der Waals surface area contributed by atoms with Crippen molar-refractivity contribution in [2.24, 2.45) is 7.05 Å². The van der Waals surface area contributed by atoms with Crippen LogP contribution >= 0.6 is 11.3 Å². The number of pyridine rings is 1. The van der Waals surface area contributed by atoms with Gasteiger partial charge in [0.2, 0.25) is 5.91 Å². The number of hydrogen-bond acceptors (Lipinski definition) is 7. The number of aromatic nitrogens is 4. The summed E-state index contributed by atoms with van der Waals surface area (Å²) in [6, 6.07) is 7.26. The van der Waals surface area contributed by atoms with Crippen LogP contribution in [-0.2, 0) is 16.6 Å². The number of piperidine rings is 1. The zero-order valence-corrected chi connectivity index (χ0v) is 20.4. The Balaban J connectivity index is 1.60. The van der Waals surface area contributed by atoms with Gasteiger partial charge in [0.05, 0.1) is 22.8 Å². The summed E-state index contributed by atoms with van der Waals surface area (Å²) >= 11 is 1.57. The van der Waals surface area contributed by atoms with Crippen LogP contribution in [0.3, 0.4) is 0 Å². The Morgan fingerprint density at radius 2 is 2.14 bits per heavy atom. The topological polar surface area (TPSA) is 102 Å². The van der Waals surface area contributed by atoms with Gasteiger partial charge in [-0.25, -0.2) is 9.97 Å². The van der Waals surface area contributed by atoms with Crippen molar-refractivity contribution in [1.29, 1.82) is 0 Å². The first-order valence-electron chi connectivity index (χ1n) is 11.5. The van der Waals surface area contributed by atoms with E-state index in [0.717, 1.165) is 35.4 Å². The van der Waals surface area contributed by atoms with Crippen molar-refractivity contribution in [2.75, 3.05) is 25.6 Å². The number of anilines is 1. The quantitative estimate of drug-likeness (QED) is 0.438. The van der Waals surface area contributed by atoms with Gasteiger partial charge in [0, 0.05) is 55.8 Å². The van der Waals surface area contributed by atoms with Gasteiger partial charge in [0.15, 0.2) is 0 Å². The lowest BCUT2D eigenvalue weighted by molar-refractivity contribution is -0.119. The number of thiazole rings is 1. The predicted octanol–water partition coefficient (Wildman–Crippen LogP) is 4.04. The van der Waals surface area contributed by atoms with E-state index in [0.29, 0.717) is 29.1 Å². The van der Waals surface area contributed by atoms with E-state index in [9.17, 15) is 9.59 Å². The summed E-state index contributed by atoms with van der Waals surface area (Å²) in [5, 5.41) is 5.80. The number of nitrogens with zero attached hydrogens (tertiary/aromatic N) is 5. The fraction of sp³-hybridized carbons (Fsp3) is 0.320. The second-order valence-corrected chi connectivity index (χ2v) is 9.42. The Morgan fingerprint density at radius 1 is 1.26 bits per heavy atom. The molecule has 4 heterocycles. The largest absolute Gasteiger partial charge is 0.375 e. The Bertz CT molecular complexity index is 1350. The van der Waals surface area contributed by atoms with Crippen molar-refractivity contribution in [3.8, 4) is 11.4 Å². The van der Waals surface area contributed by atoms with Crippen molar-refractivity contribution in [1.82, 2.24) is 24.4 Å². The zero-order valence-electron chi connectivity index (χ0n) is 19.6. The van der Waals surface area contributed by atoms with Crippen LogP contribution < -0.4 is 5.32 Å². The smallest absolute Gasteiger partial charge is 0.254 e. The third-order valence-corrected chi connectivity index (χ3v) is 7.06. The SMILES string of the molecule is COCC(=O)Nc1cc(C(=O)N2CCCCC2c2nccs2)cc2nc(-c3cccnc3)n(C)c12. The van der Waals surface area contributed by atoms with Gasteiger partial charge in [0.25, 0.3) is 5.91 Å². The standard InChI is InChI=1S/C25H26N6O3S/c1-30-22-18(28-21(32)15-34-2)12-17(13-19(22)29-23(30)16-6-5-8-26-14-16)25(33)31-10-4-3-7-20(31)24-27-9-11-35-24/h5-6,8-9,11-14,20H,3-4,7,10,15H2,1-2H3,(H,28,32). The number of fused-ring (bicyclic) bond motifs is 1. The number of rotatable bonds is 6. The first-order chi connectivity index (χ1) is 17.1. The molecule has 1 N–H and O–H groups in total. The van der Waals surface area contributed by atoms with E-state index >= 15 is 0 Å². The second-order valence-electron chi connectivity index (χ2n) is 8.49. The van der Waals surface area contributed by atoms with Gasteiger partial charge >= 0.3 is 0 Å². The normalized spacial score (nSPS) is 15.9. The number of hydrogen-bond donors (Lipinski definition) is 1. The molecule has 0 radical (unpaired) electrons. The van der Waals surface area contributed by atoms with Crippen LogP contribution in [0.2, 0.25) is 0 Å². The van der Waals surface area contributed by atoms with E-state index < -0.39 is 0 Å². The van der Waals surface area contributed by atoms with Gasteiger partial charge in [-0.15, -0.1) is 11.3 Å². The highest BCUT2D eigenvalue weighted by Gasteiger charge is 2.31. The van der Waals surface area contributed by atoms with Crippen molar-refractivity contribution in [3.05, 3.63) is 58.8 Å². The Labute approximate surface area is 206 Å². The molecule has 1 atom stereocenters. The van der Waals surface area contributed by atoms with E-state index in [-0.39, 0.29) is 24.5 Å².